The van der Waals surface area contributed by atoms with Gasteiger partial charge in [-0.3, -0.25) is 14.5 Å². The Kier molecular flexibility index (Phi) is 6.55. The lowest BCUT2D eigenvalue weighted by Gasteiger charge is -2.27. The molecule has 6 nitrogen and oxygen atoms in total. The number of nitrogens with zero attached hydrogens (tertiary/aromatic N) is 1. The Morgan fingerprint density at radius 2 is 1.56 bits per heavy atom. The van der Waals surface area contributed by atoms with Crippen LogP contribution >= 0.6 is 23.2 Å². The smallest absolute Gasteiger partial charge is 0.300 e. The van der Waals surface area contributed by atoms with E-state index in [4.69, 9.17) is 32.7 Å². The lowest BCUT2D eigenvalue weighted by Crippen LogP contribution is -2.30. The van der Waals surface area contributed by atoms with Gasteiger partial charge in [0.1, 0.15) is 11.5 Å². The highest BCUT2D eigenvalue weighted by Gasteiger charge is 2.47. The van der Waals surface area contributed by atoms with Gasteiger partial charge in [-0.1, -0.05) is 53.5 Å². The number of aryl methyl sites for hydroxylation is 1. The number of ketones is 1. The number of halogens is 2. The molecule has 8 heteroatoms. The summed E-state index contributed by atoms with van der Waals surface area (Å²) in [7, 11) is 2.97. The van der Waals surface area contributed by atoms with Crippen molar-refractivity contribution in [2.45, 2.75) is 13.0 Å². The predicted octanol–water partition coefficient (Wildman–Crippen LogP) is 5.95. The molecule has 3 aromatic rings. The van der Waals surface area contributed by atoms with Crippen LogP contribution in [0.2, 0.25) is 10.0 Å². The molecule has 0 spiro atoms. The van der Waals surface area contributed by atoms with Crippen molar-refractivity contribution >= 4 is 46.3 Å². The van der Waals surface area contributed by atoms with Gasteiger partial charge in [0.25, 0.3) is 11.7 Å². The number of carbonyl (C=O) groups is 2. The third-order valence-electron chi connectivity index (χ3n) is 5.73. The lowest BCUT2D eigenvalue weighted by molar-refractivity contribution is -0.132. The van der Waals surface area contributed by atoms with Crippen LogP contribution in [0.3, 0.4) is 0 Å². The maximum Gasteiger partial charge on any atom is 0.300 e. The standard InChI is InChI=1S/C26H21Cl2NO5/c1-14-6-4-5-7-20(14)29-22(15-8-10-17(33-2)11-9-15)21(24(31)26(29)32)23(30)16-12-18(27)25(34-3)19(28)13-16/h4-13,22,30H,1-3H3/b23-21+. The van der Waals surface area contributed by atoms with Crippen molar-refractivity contribution < 1.29 is 24.2 Å². The summed E-state index contributed by atoms with van der Waals surface area (Å²) in [5.74, 6) is -1.09. The highest BCUT2D eigenvalue weighted by atomic mass is 35.5. The topological polar surface area (TPSA) is 76.1 Å². The second-order valence-corrected chi connectivity index (χ2v) is 8.52. The van der Waals surface area contributed by atoms with Crippen LogP contribution < -0.4 is 14.4 Å². The Labute approximate surface area is 206 Å². The molecule has 1 amide bonds. The lowest BCUT2D eigenvalue weighted by atomic mass is 9.94. The first-order valence-corrected chi connectivity index (χ1v) is 11.1. The minimum atomic E-state index is -0.883. The summed E-state index contributed by atoms with van der Waals surface area (Å²) < 4.78 is 10.4. The van der Waals surface area contributed by atoms with Crippen molar-refractivity contribution in [2.75, 3.05) is 19.1 Å². The van der Waals surface area contributed by atoms with E-state index in [1.807, 2.05) is 19.1 Å². The van der Waals surface area contributed by atoms with Crippen LogP contribution in [-0.2, 0) is 9.59 Å². The molecule has 0 aliphatic carbocycles. The molecule has 0 aromatic heterocycles. The van der Waals surface area contributed by atoms with E-state index in [2.05, 4.69) is 0 Å². The first-order valence-electron chi connectivity index (χ1n) is 10.3. The Morgan fingerprint density at radius 3 is 2.12 bits per heavy atom. The van der Waals surface area contributed by atoms with Crippen molar-refractivity contribution in [3.05, 3.63) is 93.0 Å². The van der Waals surface area contributed by atoms with Crippen LogP contribution in [0, 0.1) is 6.92 Å². The molecule has 0 bridgehead atoms. The molecule has 1 N–H and O–H groups in total. The fourth-order valence-corrected chi connectivity index (χ4v) is 4.70. The summed E-state index contributed by atoms with van der Waals surface area (Å²) in [6.07, 6.45) is 0. The summed E-state index contributed by atoms with van der Waals surface area (Å²) in [4.78, 5) is 28.0. The predicted molar refractivity (Wildman–Crippen MR) is 132 cm³/mol. The molecular formula is C26H21Cl2NO5. The number of amides is 1. The minimum Gasteiger partial charge on any atom is -0.507 e. The number of methoxy groups -OCH3 is 2. The molecule has 1 heterocycles. The zero-order chi connectivity index (χ0) is 24.6. The van der Waals surface area contributed by atoms with Crippen LogP contribution in [0.1, 0.15) is 22.7 Å². The van der Waals surface area contributed by atoms with E-state index in [9.17, 15) is 14.7 Å². The molecule has 0 radical (unpaired) electrons. The molecule has 174 valence electrons. The number of ether oxygens (including phenoxy) is 2. The monoisotopic (exact) mass is 497 g/mol. The van der Waals surface area contributed by atoms with Crippen LogP contribution in [0.25, 0.3) is 5.76 Å². The van der Waals surface area contributed by atoms with Crippen molar-refractivity contribution in [3.8, 4) is 11.5 Å². The molecule has 1 saturated heterocycles. The van der Waals surface area contributed by atoms with Gasteiger partial charge in [0.15, 0.2) is 5.75 Å². The second kappa shape index (κ2) is 9.41. The largest absolute Gasteiger partial charge is 0.507 e. The fraction of sp³-hybridized carbons (Fsp3) is 0.154. The zero-order valence-corrected chi connectivity index (χ0v) is 20.1. The van der Waals surface area contributed by atoms with Gasteiger partial charge in [-0.05, 0) is 48.4 Å². The van der Waals surface area contributed by atoms with E-state index in [1.165, 1.54) is 24.1 Å². The van der Waals surface area contributed by atoms with E-state index < -0.39 is 17.7 Å². The third kappa shape index (κ3) is 4.00. The Balaban J connectivity index is 1.97. The van der Waals surface area contributed by atoms with E-state index in [0.29, 0.717) is 17.0 Å². The van der Waals surface area contributed by atoms with Gasteiger partial charge < -0.3 is 14.6 Å². The average Bonchev–Trinajstić information content (AvgIpc) is 3.09. The van der Waals surface area contributed by atoms with Crippen molar-refractivity contribution in [1.82, 2.24) is 0 Å². The molecule has 34 heavy (non-hydrogen) atoms. The molecule has 1 atom stereocenters. The number of hydrogen-bond donors (Lipinski definition) is 1. The maximum atomic E-state index is 13.3. The molecule has 1 fully saturated rings. The van der Waals surface area contributed by atoms with Gasteiger partial charge in [0, 0.05) is 11.3 Å². The number of aliphatic hydroxyl groups is 1. The van der Waals surface area contributed by atoms with Crippen LogP contribution in [-0.4, -0.2) is 31.0 Å². The number of aliphatic hydroxyl groups excluding tert-OH is 1. The molecule has 1 aliphatic rings. The normalized spacial score (nSPS) is 17.2. The van der Waals surface area contributed by atoms with Crippen molar-refractivity contribution in [1.29, 1.82) is 0 Å². The quantitative estimate of drug-likeness (QED) is 0.268. The summed E-state index contributed by atoms with van der Waals surface area (Å²) >= 11 is 12.5. The number of hydrogen-bond acceptors (Lipinski definition) is 5. The molecular weight excluding hydrogens is 477 g/mol. The number of Topliss-reactive ketones (excluding diaryl/α,β-unsaturated/α-hetero) is 1. The minimum absolute atomic E-state index is 0.0734. The number of para-hydroxylation sites is 1. The van der Waals surface area contributed by atoms with Crippen molar-refractivity contribution in [2.24, 2.45) is 0 Å². The van der Waals surface area contributed by atoms with E-state index >= 15 is 0 Å². The molecule has 4 rings (SSSR count). The summed E-state index contributed by atoms with van der Waals surface area (Å²) in [6.45, 7) is 1.85. The first kappa shape index (κ1) is 23.7. The van der Waals surface area contributed by atoms with E-state index in [0.717, 1.165) is 5.56 Å². The molecule has 1 aliphatic heterocycles. The van der Waals surface area contributed by atoms with E-state index in [-0.39, 0.29) is 32.7 Å². The van der Waals surface area contributed by atoms with Gasteiger partial charge in [-0.2, -0.15) is 0 Å². The van der Waals surface area contributed by atoms with Gasteiger partial charge >= 0.3 is 0 Å². The number of anilines is 1. The van der Waals surface area contributed by atoms with Gasteiger partial charge in [0.05, 0.1) is 35.9 Å². The zero-order valence-electron chi connectivity index (χ0n) is 18.6. The molecule has 1 unspecified atom stereocenters. The number of rotatable bonds is 5. The SMILES string of the molecule is COc1ccc(C2/C(=C(\O)c3cc(Cl)c(OC)c(Cl)c3)C(=O)C(=O)N2c2ccccc2C)cc1. The highest BCUT2D eigenvalue weighted by molar-refractivity contribution is 6.52. The highest BCUT2D eigenvalue weighted by Crippen LogP contribution is 2.44. The second-order valence-electron chi connectivity index (χ2n) is 7.70. The fourth-order valence-electron chi connectivity index (χ4n) is 4.06. The van der Waals surface area contributed by atoms with Gasteiger partial charge in [0.2, 0.25) is 0 Å². The van der Waals surface area contributed by atoms with E-state index in [1.54, 1.807) is 43.5 Å². The maximum absolute atomic E-state index is 13.3. The molecule has 3 aromatic carbocycles. The number of carbonyl (C=O) groups excluding carboxylic acids is 2. The molecule has 0 saturated carbocycles. The Bertz CT molecular complexity index is 1290. The first-order chi connectivity index (χ1) is 16.3. The van der Waals surface area contributed by atoms with Crippen LogP contribution in [0.5, 0.6) is 11.5 Å². The van der Waals surface area contributed by atoms with Gasteiger partial charge in [-0.25, -0.2) is 0 Å². The Morgan fingerprint density at radius 1 is 0.941 bits per heavy atom. The summed E-state index contributed by atoms with van der Waals surface area (Å²) in [6, 6.07) is 16.2. The summed E-state index contributed by atoms with van der Waals surface area (Å²) in [5.41, 5.74) is 2.11. The van der Waals surface area contributed by atoms with Crippen molar-refractivity contribution in [3.63, 3.8) is 0 Å². The van der Waals surface area contributed by atoms with Crippen LogP contribution in [0.15, 0.2) is 66.2 Å². The summed E-state index contributed by atoms with van der Waals surface area (Å²) in [5, 5.41) is 11.6. The number of benzene rings is 3. The van der Waals surface area contributed by atoms with Gasteiger partial charge in [-0.15, -0.1) is 0 Å². The Hall–Kier alpha value is -3.48. The van der Waals surface area contributed by atoms with Crippen LogP contribution in [0.4, 0.5) is 5.69 Å². The third-order valence-corrected chi connectivity index (χ3v) is 6.29. The average molecular weight is 498 g/mol.